The molecule has 0 saturated heterocycles. The molecular weight excluding hydrogens is 371 g/mol. The molecule has 1 heterocycles. The van der Waals surface area contributed by atoms with Crippen LogP contribution in [0.2, 0.25) is 0 Å². The number of nitrogens with one attached hydrogen (secondary N) is 1. The van der Waals surface area contributed by atoms with Crippen LogP contribution in [0.15, 0.2) is 42.6 Å². The van der Waals surface area contributed by atoms with Crippen molar-refractivity contribution in [3.8, 4) is 0 Å². The summed E-state index contributed by atoms with van der Waals surface area (Å²) in [6.45, 7) is 0. The highest BCUT2D eigenvalue weighted by Crippen LogP contribution is 2.14. The van der Waals surface area contributed by atoms with E-state index in [1.807, 2.05) is 12.1 Å². The van der Waals surface area contributed by atoms with Crippen LogP contribution in [-0.4, -0.2) is 22.0 Å². The third-order valence-electron chi connectivity index (χ3n) is 2.53. The lowest BCUT2D eigenvalue weighted by atomic mass is 10.2. The van der Waals surface area contributed by atoms with Gasteiger partial charge in [-0.1, -0.05) is 12.1 Å². The number of carboxylic acid groups (broad SMARTS) is 1. The van der Waals surface area contributed by atoms with Gasteiger partial charge >= 0.3 is 5.97 Å². The number of hydrogen-bond acceptors (Lipinski definition) is 3. The zero-order chi connectivity index (χ0) is 14.5. The standard InChI is InChI=1S/C14H11IN2O3/c15-12-4-2-1-3-11(12)14(20)17-10-6-5-9(16-8-10)7-13(18)19/h1-6,8H,7H2,(H,17,20)(H,18,19). The number of aliphatic carboxylic acids is 1. The molecule has 0 aliphatic carbocycles. The Morgan fingerprint density at radius 2 is 1.95 bits per heavy atom. The maximum Gasteiger partial charge on any atom is 0.309 e. The molecule has 0 saturated carbocycles. The quantitative estimate of drug-likeness (QED) is 0.797. The predicted molar refractivity (Wildman–Crippen MR) is 82.7 cm³/mol. The van der Waals surface area contributed by atoms with Crippen molar-refractivity contribution in [3.05, 3.63) is 57.4 Å². The fourth-order valence-electron chi connectivity index (χ4n) is 1.60. The molecule has 1 aromatic carbocycles. The number of carbonyl (C=O) groups excluding carboxylic acids is 1. The fraction of sp³-hybridized carbons (Fsp3) is 0.0714. The van der Waals surface area contributed by atoms with Crippen LogP contribution in [0.1, 0.15) is 16.1 Å². The van der Waals surface area contributed by atoms with Gasteiger partial charge in [0.1, 0.15) is 0 Å². The van der Waals surface area contributed by atoms with Crippen molar-refractivity contribution in [2.45, 2.75) is 6.42 Å². The Balaban J connectivity index is 2.09. The second-order valence-electron chi connectivity index (χ2n) is 4.04. The van der Waals surface area contributed by atoms with E-state index in [1.54, 1.807) is 24.3 Å². The van der Waals surface area contributed by atoms with Crippen molar-refractivity contribution in [1.82, 2.24) is 4.98 Å². The molecule has 0 atom stereocenters. The van der Waals surface area contributed by atoms with Crippen LogP contribution in [0.4, 0.5) is 5.69 Å². The number of pyridine rings is 1. The number of carbonyl (C=O) groups is 2. The normalized spacial score (nSPS) is 10.1. The lowest BCUT2D eigenvalue weighted by molar-refractivity contribution is -0.136. The van der Waals surface area contributed by atoms with Crippen molar-refractivity contribution < 1.29 is 14.7 Å². The number of aromatic nitrogens is 1. The van der Waals surface area contributed by atoms with Gasteiger partial charge in [0.05, 0.1) is 29.6 Å². The fourth-order valence-corrected chi connectivity index (χ4v) is 2.23. The van der Waals surface area contributed by atoms with Crippen LogP contribution in [0.3, 0.4) is 0 Å². The van der Waals surface area contributed by atoms with Crippen molar-refractivity contribution >= 4 is 40.2 Å². The van der Waals surface area contributed by atoms with Gasteiger partial charge in [0.2, 0.25) is 0 Å². The van der Waals surface area contributed by atoms with Crippen LogP contribution < -0.4 is 5.32 Å². The summed E-state index contributed by atoms with van der Waals surface area (Å²) < 4.78 is 0.859. The summed E-state index contributed by atoms with van der Waals surface area (Å²) >= 11 is 2.10. The smallest absolute Gasteiger partial charge is 0.309 e. The topological polar surface area (TPSA) is 79.3 Å². The molecule has 2 rings (SSSR count). The molecule has 20 heavy (non-hydrogen) atoms. The summed E-state index contributed by atoms with van der Waals surface area (Å²) in [5.41, 5.74) is 1.57. The Bertz CT molecular complexity index is 641. The number of carboxylic acids is 1. The zero-order valence-electron chi connectivity index (χ0n) is 10.3. The summed E-state index contributed by atoms with van der Waals surface area (Å²) in [6.07, 6.45) is 1.32. The first-order chi connectivity index (χ1) is 9.56. The number of halogens is 1. The van der Waals surface area contributed by atoms with E-state index in [4.69, 9.17) is 5.11 Å². The molecule has 2 aromatic rings. The minimum absolute atomic E-state index is 0.134. The van der Waals surface area contributed by atoms with Gasteiger partial charge in [-0.05, 0) is 46.9 Å². The minimum Gasteiger partial charge on any atom is -0.481 e. The van der Waals surface area contributed by atoms with Crippen LogP contribution in [0.25, 0.3) is 0 Å². The maximum absolute atomic E-state index is 12.1. The van der Waals surface area contributed by atoms with E-state index in [1.165, 1.54) is 6.20 Å². The van der Waals surface area contributed by atoms with E-state index >= 15 is 0 Å². The number of hydrogen-bond donors (Lipinski definition) is 2. The first kappa shape index (κ1) is 14.4. The van der Waals surface area contributed by atoms with Crippen LogP contribution >= 0.6 is 22.6 Å². The molecule has 2 N–H and O–H groups in total. The number of benzene rings is 1. The highest BCUT2D eigenvalue weighted by molar-refractivity contribution is 14.1. The first-order valence-corrected chi connectivity index (χ1v) is 6.87. The van der Waals surface area contributed by atoms with Crippen molar-refractivity contribution in [1.29, 1.82) is 0 Å². The van der Waals surface area contributed by atoms with Gasteiger partial charge in [-0.15, -0.1) is 0 Å². The summed E-state index contributed by atoms with van der Waals surface area (Å²) in [4.78, 5) is 26.6. The largest absolute Gasteiger partial charge is 0.481 e. The summed E-state index contributed by atoms with van der Waals surface area (Å²) in [7, 11) is 0. The second-order valence-corrected chi connectivity index (χ2v) is 5.20. The Labute approximate surface area is 129 Å². The van der Waals surface area contributed by atoms with Gasteiger partial charge < -0.3 is 10.4 Å². The molecule has 5 nitrogen and oxygen atoms in total. The van der Waals surface area contributed by atoms with Gasteiger partial charge in [0.15, 0.2) is 0 Å². The minimum atomic E-state index is -0.937. The molecule has 0 aliphatic rings. The van der Waals surface area contributed by atoms with Gasteiger partial charge in [-0.3, -0.25) is 14.6 Å². The summed E-state index contributed by atoms with van der Waals surface area (Å²) in [6, 6.07) is 10.5. The SMILES string of the molecule is O=C(O)Cc1ccc(NC(=O)c2ccccc2I)cn1. The van der Waals surface area contributed by atoms with E-state index < -0.39 is 5.97 Å². The average Bonchev–Trinajstić information content (AvgIpc) is 2.41. The lowest BCUT2D eigenvalue weighted by Gasteiger charge is -2.07. The number of rotatable bonds is 4. The first-order valence-electron chi connectivity index (χ1n) is 5.79. The van der Waals surface area contributed by atoms with Crippen molar-refractivity contribution in [3.63, 3.8) is 0 Å². The molecule has 0 fully saturated rings. The van der Waals surface area contributed by atoms with Gasteiger partial charge in [0.25, 0.3) is 5.91 Å². The Morgan fingerprint density at radius 3 is 2.55 bits per heavy atom. The highest BCUT2D eigenvalue weighted by Gasteiger charge is 2.09. The van der Waals surface area contributed by atoms with Crippen molar-refractivity contribution in [2.24, 2.45) is 0 Å². The summed E-state index contributed by atoms with van der Waals surface area (Å²) in [5.74, 6) is -1.16. The van der Waals surface area contributed by atoms with Gasteiger partial charge in [-0.2, -0.15) is 0 Å². The monoisotopic (exact) mass is 382 g/mol. The van der Waals surface area contributed by atoms with Crippen LogP contribution in [0, 0.1) is 3.57 Å². The third kappa shape index (κ3) is 3.77. The third-order valence-corrected chi connectivity index (χ3v) is 3.47. The molecule has 0 bridgehead atoms. The second kappa shape index (κ2) is 6.47. The molecule has 0 unspecified atom stereocenters. The van der Waals surface area contributed by atoms with E-state index in [-0.39, 0.29) is 12.3 Å². The molecule has 0 aliphatic heterocycles. The van der Waals surface area contributed by atoms with Gasteiger partial charge in [-0.25, -0.2) is 0 Å². The molecular formula is C14H11IN2O3. The number of amides is 1. The lowest BCUT2D eigenvalue weighted by Crippen LogP contribution is -2.13. The van der Waals surface area contributed by atoms with Crippen LogP contribution in [0.5, 0.6) is 0 Å². The highest BCUT2D eigenvalue weighted by atomic mass is 127. The molecule has 0 radical (unpaired) electrons. The molecule has 102 valence electrons. The van der Waals surface area contributed by atoms with E-state index in [0.717, 1.165) is 3.57 Å². The number of nitrogens with zero attached hydrogens (tertiary/aromatic N) is 1. The van der Waals surface area contributed by atoms with Crippen LogP contribution in [-0.2, 0) is 11.2 Å². The molecule has 1 amide bonds. The maximum atomic E-state index is 12.1. The predicted octanol–water partition coefficient (Wildman–Crippen LogP) is 2.57. The van der Waals surface area contributed by atoms with E-state index in [2.05, 4.69) is 32.9 Å². The average molecular weight is 382 g/mol. The Hall–Kier alpha value is -1.96. The Kier molecular flexibility index (Phi) is 4.67. The molecule has 1 aromatic heterocycles. The van der Waals surface area contributed by atoms with E-state index in [0.29, 0.717) is 16.9 Å². The molecule has 0 spiro atoms. The van der Waals surface area contributed by atoms with E-state index in [9.17, 15) is 9.59 Å². The zero-order valence-corrected chi connectivity index (χ0v) is 12.5. The Morgan fingerprint density at radius 1 is 1.20 bits per heavy atom. The molecule has 6 heteroatoms. The van der Waals surface area contributed by atoms with Crippen molar-refractivity contribution in [2.75, 3.05) is 5.32 Å². The van der Waals surface area contributed by atoms with Gasteiger partial charge in [0, 0.05) is 3.57 Å². The summed E-state index contributed by atoms with van der Waals surface area (Å²) in [5, 5.41) is 11.4. The number of anilines is 1.